The first-order valence-electron chi connectivity index (χ1n) is 10.6. The predicted octanol–water partition coefficient (Wildman–Crippen LogP) is 3.72. The molecular formula is C24H25ClN2O4S2. The lowest BCUT2D eigenvalue weighted by molar-refractivity contribution is -0.152. The van der Waals surface area contributed by atoms with E-state index >= 15 is 0 Å². The fraction of sp³-hybridized carbons (Fsp3) is 0.333. The van der Waals surface area contributed by atoms with Crippen LogP contribution in [0.4, 0.5) is 0 Å². The van der Waals surface area contributed by atoms with Gasteiger partial charge in [0, 0.05) is 22.5 Å². The second kappa shape index (κ2) is 10.5. The molecule has 0 saturated carbocycles. The highest BCUT2D eigenvalue weighted by molar-refractivity contribution is 8.06. The van der Waals surface area contributed by atoms with Crippen molar-refractivity contribution in [2.45, 2.75) is 29.2 Å². The first kappa shape index (κ1) is 24.2. The van der Waals surface area contributed by atoms with Crippen molar-refractivity contribution in [1.82, 2.24) is 4.90 Å². The molecule has 33 heavy (non-hydrogen) atoms. The Morgan fingerprint density at radius 2 is 1.76 bits per heavy atom. The number of carbonyl (C=O) groups excluding carboxylic acids is 2. The van der Waals surface area contributed by atoms with E-state index in [1.807, 2.05) is 60.7 Å². The lowest BCUT2D eigenvalue weighted by Gasteiger charge is -2.48. The van der Waals surface area contributed by atoms with E-state index in [-0.39, 0.29) is 28.9 Å². The Labute approximate surface area is 207 Å². The molecule has 3 atom stereocenters. The van der Waals surface area contributed by atoms with Gasteiger partial charge < -0.3 is 15.2 Å². The topological polar surface area (TPSA) is 81.9 Å². The molecule has 2 fully saturated rings. The number of amides is 1. The summed E-state index contributed by atoms with van der Waals surface area (Å²) in [4.78, 5) is 28.6. The lowest BCUT2D eigenvalue weighted by atomic mass is 10.0. The minimum absolute atomic E-state index is 0. The number of nitrogens with two attached hydrogens (primary N) is 1. The van der Waals surface area contributed by atoms with Crippen molar-refractivity contribution >= 4 is 47.8 Å². The van der Waals surface area contributed by atoms with Crippen LogP contribution in [0.15, 0.2) is 71.3 Å². The van der Waals surface area contributed by atoms with E-state index in [1.165, 1.54) is 4.90 Å². The van der Waals surface area contributed by atoms with Crippen molar-refractivity contribution in [1.29, 1.82) is 0 Å². The van der Waals surface area contributed by atoms with Gasteiger partial charge in [0.05, 0.1) is 6.61 Å². The molecule has 174 valence electrons. The molecule has 0 bridgehead atoms. The summed E-state index contributed by atoms with van der Waals surface area (Å²) in [6.45, 7) is 1.37. The fourth-order valence-corrected chi connectivity index (χ4v) is 6.81. The largest absolute Gasteiger partial charge is 0.448 e. The third-order valence-corrected chi connectivity index (χ3v) is 8.61. The molecule has 6 nitrogen and oxygen atoms in total. The molecule has 2 unspecified atom stereocenters. The standard InChI is InChI=1S/C24H24N2O4S2.ClH/c25-19-22(27)26-20(18(14-31-23(19)26)32-17-11-12-29-13-17)24(28)30-21(15-7-3-1-4-8-15)16-9-5-2-6-10-16;/h1-10,17,19,21,23H,11-14,25H2;1H/t17?,19?,23-;/m0./s1. The third-order valence-electron chi connectivity index (χ3n) is 5.79. The number of rotatable bonds is 6. The van der Waals surface area contributed by atoms with Gasteiger partial charge in [-0.1, -0.05) is 60.7 Å². The summed E-state index contributed by atoms with van der Waals surface area (Å²) < 4.78 is 11.6. The van der Waals surface area contributed by atoms with Crippen LogP contribution < -0.4 is 5.73 Å². The van der Waals surface area contributed by atoms with Gasteiger partial charge in [-0.05, 0) is 17.5 Å². The number of thioether (sulfide) groups is 2. The van der Waals surface area contributed by atoms with E-state index in [2.05, 4.69) is 0 Å². The molecule has 2 aromatic rings. The summed E-state index contributed by atoms with van der Waals surface area (Å²) in [7, 11) is 0. The summed E-state index contributed by atoms with van der Waals surface area (Å²) in [5.74, 6) is -0.0877. The van der Waals surface area contributed by atoms with Gasteiger partial charge in [0.1, 0.15) is 17.1 Å². The number of fused-ring (bicyclic) bond motifs is 1. The zero-order chi connectivity index (χ0) is 22.1. The number of ether oxygens (including phenoxy) is 2. The number of hydrogen-bond donors (Lipinski definition) is 1. The lowest BCUT2D eigenvalue weighted by Crippen LogP contribution is -2.68. The summed E-state index contributed by atoms with van der Waals surface area (Å²) in [5.41, 5.74) is 8.11. The zero-order valence-electron chi connectivity index (χ0n) is 17.8. The van der Waals surface area contributed by atoms with Gasteiger partial charge in [-0.3, -0.25) is 9.69 Å². The number of carbonyl (C=O) groups is 2. The van der Waals surface area contributed by atoms with Gasteiger partial charge in [0.15, 0.2) is 6.10 Å². The molecule has 3 aliphatic rings. The Hall–Kier alpha value is -1.97. The number of halogens is 1. The Balaban J connectivity index is 0.00000259. The van der Waals surface area contributed by atoms with Gasteiger partial charge in [-0.25, -0.2) is 4.79 Å². The molecule has 5 rings (SSSR count). The monoisotopic (exact) mass is 504 g/mol. The van der Waals surface area contributed by atoms with Gasteiger partial charge in [-0.2, -0.15) is 0 Å². The number of β-lactam (4-membered cyclic amide) rings is 1. The highest BCUT2D eigenvalue weighted by Gasteiger charge is 2.52. The minimum atomic E-state index is -0.580. The van der Waals surface area contributed by atoms with Crippen molar-refractivity contribution < 1.29 is 19.1 Å². The maximum atomic E-state index is 13.6. The predicted molar refractivity (Wildman–Crippen MR) is 133 cm³/mol. The summed E-state index contributed by atoms with van der Waals surface area (Å²) >= 11 is 3.23. The number of esters is 1. The molecular weight excluding hydrogens is 480 g/mol. The number of nitrogens with zero attached hydrogens (tertiary/aromatic N) is 1. The molecule has 3 heterocycles. The van der Waals surface area contributed by atoms with Crippen LogP contribution in [0.25, 0.3) is 0 Å². The van der Waals surface area contributed by atoms with Crippen LogP contribution in [0.5, 0.6) is 0 Å². The molecule has 0 aliphatic carbocycles. The van der Waals surface area contributed by atoms with Crippen LogP contribution in [0.1, 0.15) is 23.7 Å². The summed E-state index contributed by atoms with van der Waals surface area (Å²) in [6, 6.07) is 18.7. The van der Waals surface area contributed by atoms with Gasteiger partial charge in [0.2, 0.25) is 5.91 Å². The van der Waals surface area contributed by atoms with Crippen LogP contribution in [-0.2, 0) is 19.1 Å². The molecule has 1 amide bonds. The van der Waals surface area contributed by atoms with E-state index in [0.717, 1.165) is 29.1 Å². The van der Waals surface area contributed by atoms with E-state index in [1.54, 1.807) is 23.5 Å². The summed E-state index contributed by atoms with van der Waals surface area (Å²) in [5, 5.41) is 0.0511. The zero-order valence-corrected chi connectivity index (χ0v) is 20.2. The second-order valence-corrected chi connectivity index (χ2v) is 10.4. The van der Waals surface area contributed by atoms with Crippen molar-refractivity contribution in [3.05, 3.63) is 82.4 Å². The Morgan fingerprint density at radius 3 is 2.33 bits per heavy atom. The quantitative estimate of drug-likeness (QED) is 0.474. The van der Waals surface area contributed by atoms with Crippen LogP contribution in [0.3, 0.4) is 0 Å². The van der Waals surface area contributed by atoms with Gasteiger partial charge >= 0.3 is 5.97 Å². The fourth-order valence-electron chi connectivity index (χ4n) is 4.12. The van der Waals surface area contributed by atoms with Crippen molar-refractivity contribution in [2.24, 2.45) is 5.73 Å². The highest BCUT2D eigenvalue weighted by atomic mass is 35.5. The molecule has 0 radical (unpaired) electrons. The van der Waals surface area contributed by atoms with Crippen molar-refractivity contribution in [2.75, 3.05) is 19.0 Å². The van der Waals surface area contributed by atoms with Crippen LogP contribution in [-0.4, -0.2) is 52.4 Å². The van der Waals surface area contributed by atoms with Gasteiger partial charge in [-0.15, -0.1) is 35.9 Å². The molecule has 9 heteroatoms. The Bertz CT molecular complexity index is 992. The molecule has 0 spiro atoms. The van der Waals surface area contributed by atoms with E-state index in [9.17, 15) is 9.59 Å². The highest BCUT2D eigenvalue weighted by Crippen LogP contribution is 2.45. The maximum absolute atomic E-state index is 13.6. The third kappa shape index (κ3) is 4.81. The van der Waals surface area contributed by atoms with Crippen molar-refractivity contribution in [3.8, 4) is 0 Å². The second-order valence-electron chi connectivity index (χ2n) is 7.92. The Morgan fingerprint density at radius 1 is 1.12 bits per heavy atom. The Kier molecular flexibility index (Phi) is 7.71. The first-order valence-corrected chi connectivity index (χ1v) is 12.5. The SMILES string of the molecule is Cl.NC1C(=O)N2C(C(=O)OC(c3ccccc3)c3ccccc3)=C(SC3CCOC3)CS[C@@H]12. The summed E-state index contributed by atoms with van der Waals surface area (Å²) in [6.07, 6.45) is 0.353. The molecule has 0 aromatic heterocycles. The minimum Gasteiger partial charge on any atom is -0.448 e. The molecule has 2 aromatic carbocycles. The van der Waals surface area contributed by atoms with Crippen LogP contribution in [0.2, 0.25) is 0 Å². The molecule has 2 saturated heterocycles. The van der Waals surface area contributed by atoms with Crippen molar-refractivity contribution in [3.63, 3.8) is 0 Å². The van der Waals surface area contributed by atoms with E-state index in [0.29, 0.717) is 18.1 Å². The smallest absolute Gasteiger partial charge is 0.356 e. The number of benzene rings is 2. The molecule has 2 N–H and O–H groups in total. The number of hydrogen-bond acceptors (Lipinski definition) is 7. The van der Waals surface area contributed by atoms with E-state index < -0.39 is 18.1 Å². The van der Waals surface area contributed by atoms with E-state index in [4.69, 9.17) is 15.2 Å². The molecule has 3 aliphatic heterocycles. The average Bonchev–Trinajstić information content (AvgIpc) is 3.36. The van der Waals surface area contributed by atoms with Crippen LogP contribution in [0, 0.1) is 0 Å². The van der Waals surface area contributed by atoms with Crippen LogP contribution >= 0.6 is 35.9 Å². The van der Waals surface area contributed by atoms with Gasteiger partial charge in [0.25, 0.3) is 0 Å². The average molecular weight is 505 g/mol. The normalized spacial score (nSPS) is 24.2. The maximum Gasteiger partial charge on any atom is 0.356 e. The first-order chi connectivity index (χ1) is 15.6.